The van der Waals surface area contributed by atoms with Crippen molar-refractivity contribution in [2.45, 2.75) is 44.1 Å². The van der Waals surface area contributed by atoms with E-state index in [0.717, 1.165) is 51.5 Å². The van der Waals surface area contributed by atoms with Gasteiger partial charge < -0.3 is 9.88 Å². The second-order valence-corrected chi connectivity index (χ2v) is 9.19. The third-order valence-corrected chi connectivity index (χ3v) is 6.60. The lowest BCUT2D eigenvalue weighted by Crippen LogP contribution is -2.14. The lowest BCUT2D eigenvalue weighted by atomic mass is 10.2. The maximum atomic E-state index is 12.3. The van der Waals surface area contributed by atoms with Gasteiger partial charge in [-0.25, -0.2) is 4.98 Å². The number of amides is 1. The highest BCUT2D eigenvalue weighted by molar-refractivity contribution is 7.98. The molecular formula is C23H24N6OS2. The van der Waals surface area contributed by atoms with Crippen LogP contribution in [0.5, 0.6) is 0 Å². The molecule has 0 saturated carbocycles. The normalized spacial score (nSPS) is 10.9. The number of hydrogen-bond acceptors (Lipinski definition) is 7. The molecule has 1 aromatic carbocycles. The van der Waals surface area contributed by atoms with E-state index in [-0.39, 0.29) is 12.3 Å². The quantitative estimate of drug-likeness (QED) is 0.351. The molecule has 1 amide bonds. The van der Waals surface area contributed by atoms with Crippen molar-refractivity contribution in [1.82, 2.24) is 24.7 Å². The fourth-order valence-electron chi connectivity index (χ4n) is 3.15. The Kier molecular flexibility index (Phi) is 7.28. The molecule has 0 bridgehead atoms. The van der Waals surface area contributed by atoms with Crippen LogP contribution in [0, 0.1) is 6.92 Å². The van der Waals surface area contributed by atoms with Crippen molar-refractivity contribution in [3.05, 3.63) is 70.4 Å². The van der Waals surface area contributed by atoms with E-state index in [1.807, 2.05) is 48.7 Å². The van der Waals surface area contributed by atoms with E-state index in [0.29, 0.717) is 5.75 Å². The smallest absolute Gasteiger partial charge is 0.231 e. The van der Waals surface area contributed by atoms with Crippen molar-refractivity contribution in [1.29, 1.82) is 0 Å². The predicted octanol–water partition coefficient (Wildman–Crippen LogP) is 4.99. The lowest BCUT2D eigenvalue weighted by molar-refractivity contribution is -0.115. The van der Waals surface area contributed by atoms with Gasteiger partial charge >= 0.3 is 0 Å². The highest BCUT2D eigenvalue weighted by atomic mass is 32.2. The van der Waals surface area contributed by atoms with Crippen LogP contribution in [0.15, 0.2) is 59.3 Å². The Morgan fingerprint density at radius 3 is 2.66 bits per heavy atom. The number of benzene rings is 1. The Bertz CT molecular complexity index is 1170. The number of nitrogens with zero attached hydrogens (tertiary/aromatic N) is 5. The van der Waals surface area contributed by atoms with Crippen LogP contribution in [0.1, 0.15) is 29.6 Å². The third kappa shape index (κ3) is 5.60. The fraction of sp³-hybridized carbons (Fsp3) is 0.261. The van der Waals surface area contributed by atoms with E-state index in [4.69, 9.17) is 0 Å². The molecule has 1 N–H and O–H groups in total. The molecule has 4 rings (SSSR count). The molecule has 0 atom stereocenters. The molecule has 3 aromatic heterocycles. The second kappa shape index (κ2) is 10.5. The van der Waals surface area contributed by atoms with E-state index in [2.05, 4.69) is 37.0 Å². The summed E-state index contributed by atoms with van der Waals surface area (Å²) in [5.74, 6) is 1.46. The van der Waals surface area contributed by atoms with E-state index < -0.39 is 0 Å². The van der Waals surface area contributed by atoms with Gasteiger partial charge in [-0.1, -0.05) is 36.4 Å². The minimum absolute atomic E-state index is 0.0629. The molecule has 0 aliphatic heterocycles. The molecule has 0 aliphatic carbocycles. The highest BCUT2D eigenvalue weighted by Crippen LogP contribution is 2.27. The molecule has 9 heteroatoms. The van der Waals surface area contributed by atoms with Gasteiger partial charge in [-0.15, -0.1) is 21.5 Å². The van der Waals surface area contributed by atoms with Crippen LogP contribution in [0.25, 0.3) is 11.4 Å². The largest absolute Gasteiger partial charge is 0.326 e. The molecule has 0 aliphatic rings. The number of carbonyl (C=O) groups excluding carboxylic acids is 1. The number of aryl methyl sites for hydroxylation is 1. The van der Waals surface area contributed by atoms with Gasteiger partial charge in [-0.3, -0.25) is 9.78 Å². The Labute approximate surface area is 195 Å². The molecule has 164 valence electrons. The summed E-state index contributed by atoms with van der Waals surface area (Å²) in [7, 11) is 0. The average Bonchev–Trinajstić information content (AvgIpc) is 3.41. The van der Waals surface area contributed by atoms with E-state index >= 15 is 0 Å². The van der Waals surface area contributed by atoms with Crippen molar-refractivity contribution in [2.75, 3.05) is 5.32 Å². The summed E-state index contributed by atoms with van der Waals surface area (Å²) in [5.41, 5.74) is 3.90. The maximum absolute atomic E-state index is 12.3. The molecule has 0 radical (unpaired) electrons. The van der Waals surface area contributed by atoms with Gasteiger partial charge in [0.05, 0.1) is 12.1 Å². The fourth-order valence-corrected chi connectivity index (χ4v) is 4.90. The molecule has 0 spiro atoms. The standard InChI is InChI=1S/C23H24N6OS2/c1-3-12-29-22(17-8-10-24-11-9-17)27-28-23(29)32-15-19-14-31-21(26-19)13-20(30)25-18-6-4-16(2)5-7-18/h4-11,14H,3,12-13,15H2,1-2H3,(H,25,30). The number of aromatic nitrogens is 5. The van der Waals surface area contributed by atoms with Crippen molar-refractivity contribution < 1.29 is 4.79 Å². The molecule has 3 heterocycles. The van der Waals surface area contributed by atoms with Gasteiger partial charge in [0.2, 0.25) is 5.91 Å². The molecule has 0 fully saturated rings. The number of thioether (sulfide) groups is 1. The molecule has 0 saturated heterocycles. The highest BCUT2D eigenvalue weighted by Gasteiger charge is 2.15. The van der Waals surface area contributed by atoms with Gasteiger partial charge in [0.25, 0.3) is 0 Å². The first-order valence-corrected chi connectivity index (χ1v) is 12.2. The average molecular weight is 465 g/mol. The summed E-state index contributed by atoms with van der Waals surface area (Å²) in [6.07, 6.45) is 4.78. The zero-order valence-corrected chi connectivity index (χ0v) is 19.6. The van der Waals surface area contributed by atoms with E-state index in [1.165, 1.54) is 11.3 Å². The van der Waals surface area contributed by atoms with Crippen molar-refractivity contribution in [3.8, 4) is 11.4 Å². The Hall–Kier alpha value is -3.04. The second-order valence-electron chi connectivity index (χ2n) is 7.31. The minimum Gasteiger partial charge on any atom is -0.326 e. The van der Waals surface area contributed by atoms with Crippen LogP contribution in [0.3, 0.4) is 0 Å². The van der Waals surface area contributed by atoms with Crippen LogP contribution in [0.2, 0.25) is 0 Å². The summed E-state index contributed by atoms with van der Waals surface area (Å²) < 4.78 is 2.14. The Morgan fingerprint density at radius 2 is 1.91 bits per heavy atom. The first-order chi connectivity index (χ1) is 15.6. The number of thiazole rings is 1. The zero-order valence-electron chi connectivity index (χ0n) is 18.0. The SMILES string of the molecule is CCCn1c(SCc2csc(CC(=O)Nc3ccc(C)cc3)n2)nnc1-c1ccncc1. The van der Waals surface area contributed by atoms with Crippen LogP contribution in [0.4, 0.5) is 5.69 Å². The van der Waals surface area contributed by atoms with Gasteiger partial charge in [0.1, 0.15) is 5.01 Å². The summed E-state index contributed by atoms with van der Waals surface area (Å²) in [6.45, 7) is 5.00. The number of anilines is 1. The van der Waals surface area contributed by atoms with Crippen LogP contribution >= 0.6 is 23.1 Å². The van der Waals surface area contributed by atoms with Crippen molar-refractivity contribution in [2.24, 2.45) is 0 Å². The summed E-state index contributed by atoms with van der Waals surface area (Å²) in [5, 5.41) is 15.4. The van der Waals surface area contributed by atoms with E-state index in [9.17, 15) is 4.79 Å². The summed E-state index contributed by atoms with van der Waals surface area (Å²) in [4.78, 5) is 21.0. The first kappa shape index (κ1) is 22.2. The van der Waals surface area contributed by atoms with Crippen LogP contribution in [-0.4, -0.2) is 30.6 Å². The van der Waals surface area contributed by atoms with Gasteiger partial charge in [0.15, 0.2) is 11.0 Å². The van der Waals surface area contributed by atoms with Gasteiger partial charge in [-0.05, 0) is 37.6 Å². The summed E-state index contributed by atoms with van der Waals surface area (Å²) in [6, 6.07) is 11.7. The van der Waals surface area contributed by atoms with Gasteiger partial charge in [-0.2, -0.15) is 0 Å². The number of nitrogens with one attached hydrogen (secondary N) is 1. The minimum atomic E-state index is -0.0629. The van der Waals surface area contributed by atoms with Gasteiger partial charge in [0, 0.05) is 41.3 Å². The molecule has 7 nitrogen and oxygen atoms in total. The zero-order chi connectivity index (χ0) is 22.3. The van der Waals surface area contributed by atoms with Crippen LogP contribution in [-0.2, 0) is 23.5 Å². The number of hydrogen-bond donors (Lipinski definition) is 1. The van der Waals surface area contributed by atoms with Crippen LogP contribution < -0.4 is 5.32 Å². The Morgan fingerprint density at radius 1 is 1.12 bits per heavy atom. The van der Waals surface area contributed by atoms with Crippen molar-refractivity contribution in [3.63, 3.8) is 0 Å². The number of rotatable bonds is 9. The maximum Gasteiger partial charge on any atom is 0.231 e. The summed E-state index contributed by atoms with van der Waals surface area (Å²) >= 11 is 3.12. The number of carbonyl (C=O) groups is 1. The monoisotopic (exact) mass is 464 g/mol. The van der Waals surface area contributed by atoms with Crippen molar-refractivity contribution >= 4 is 34.7 Å². The van der Waals surface area contributed by atoms with E-state index in [1.54, 1.807) is 24.2 Å². The predicted molar refractivity (Wildman–Crippen MR) is 129 cm³/mol. The molecule has 0 unspecified atom stereocenters. The molecule has 32 heavy (non-hydrogen) atoms. The topological polar surface area (TPSA) is 85.6 Å². The lowest BCUT2D eigenvalue weighted by Gasteiger charge is -2.08. The third-order valence-electron chi connectivity index (χ3n) is 4.70. The number of pyridine rings is 1. The molecular weight excluding hydrogens is 440 g/mol. The first-order valence-electron chi connectivity index (χ1n) is 10.4. The molecule has 4 aromatic rings. The Balaban J connectivity index is 1.37.